The highest BCUT2D eigenvalue weighted by atomic mass is 35.5. The molecule has 0 aromatic heterocycles. The second kappa shape index (κ2) is 6.27. The monoisotopic (exact) mass is 311 g/mol. The van der Waals surface area contributed by atoms with E-state index in [1.807, 2.05) is 23.9 Å². The summed E-state index contributed by atoms with van der Waals surface area (Å²) in [5.41, 5.74) is 1.41. The van der Waals surface area contributed by atoms with Crippen molar-refractivity contribution in [3.05, 3.63) is 34.9 Å². The Morgan fingerprint density at radius 1 is 1.50 bits per heavy atom. The van der Waals surface area contributed by atoms with E-state index in [0.717, 1.165) is 30.2 Å². The van der Waals surface area contributed by atoms with E-state index in [4.69, 9.17) is 16.3 Å². The van der Waals surface area contributed by atoms with Crippen LogP contribution in [0.1, 0.15) is 37.8 Å². The minimum Gasteiger partial charge on any atom is -0.374 e. The lowest BCUT2D eigenvalue weighted by atomic mass is 9.89. The maximum atomic E-state index is 6.08. The van der Waals surface area contributed by atoms with Gasteiger partial charge in [0.05, 0.1) is 5.60 Å². The summed E-state index contributed by atoms with van der Waals surface area (Å²) in [6.07, 6.45) is 3.46. The minimum atomic E-state index is 0.147. The van der Waals surface area contributed by atoms with Gasteiger partial charge in [0.15, 0.2) is 0 Å². The van der Waals surface area contributed by atoms with Gasteiger partial charge in [0, 0.05) is 29.5 Å². The zero-order valence-electron chi connectivity index (χ0n) is 11.9. The summed E-state index contributed by atoms with van der Waals surface area (Å²) in [6, 6.07) is 9.04. The first-order valence-electron chi connectivity index (χ1n) is 7.40. The van der Waals surface area contributed by atoms with Gasteiger partial charge in [0.25, 0.3) is 0 Å². The van der Waals surface area contributed by atoms with Gasteiger partial charge < -0.3 is 10.1 Å². The van der Waals surface area contributed by atoms with Gasteiger partial charge >= 0.3 is 0 Å². The molecule has 3 atom stereocenters. The number of ether oxygens (including phenoxy) is 1. The molecule has 20 heavy (non-hydrogen) atoms. The van der Waals surface area contributed by atoms with Crippen LogP contribution in [0.2, 0.25) is 5.02 Å². The fourth-order valence-electron chi connectivity index (χ4n) is 3.26. The Labute approximate surface area is 130 Å². The van der Waals surface area contributed by atoms with E-state index in [2.05, 4.69) is 24.4 Å². The van der Waals surface area contributed by atoms with Crippen molar-refractivity contribution in [1.29, 1.82) is 0 Å². The molecule has 2 fully saturated rings. The Balaban J connectivity index is 1.62. The summed E-state index contributed by atoms with van der Waals surface area (Å²) in [7, 11) is 0. The molecule has 110 valence electrons. The molecular weight excluding hydrogens is 290 g/mol. The first-order valence-corrected chi connectivity index (χ1v) is 8.93. The van der Waals surface area contributed by atoms with E-state index in [1.54, 1.807) is 0 Å². The first-order chi connectivity index (χ1) is 9.67. The molecule has 1 N–H and O–H groups in total. The molecule has 2 heterocycles. The van der Waals surface area contributed by atoms with Gasteiger partial charge in [-0.2, -0.15) is 11.8 Å². The zero-order chi connectivity index (χ0) is 14.0. The van der Waals surface area contributed by atoms with Crippen LogP contribution < -0.4 is 5.32 Å². The Hall–Kier alpha value is -0.220. The van der Waals surface area contributed by atoms with Crippen molar-refractivity contribution in [1.82, 2.24) is 5.32 Å². The average Bonchev–Trinajstić information content (AvgIpc) is 2.87. The lowest BCUT2D eigenvalue weighted by Gasteiger charge is -2.39. The summed E-state index contributed by atoms with van der Waals surface area (Å²) in [5, 5.41) is 4.58. The van der Waals surface area contributed by atoms with Crippen LogP contribution in [-0.2, 0) is 4.74 Å². The average molecular weight is 312 g/mol. The summed E-state index contributed by atoms with van der Waals surface area (Å²) in [4.78, 5) is 0. The molecule has 0 radical (unpaired) electrons. The van der Waals surface area contributed by atoms with Crippen molar-refractivity contribution in [2.45, 2.75) is 43.9 Å². The molecule has 2 saturated heterocycles. The molecule has 2 unspecified atom stereocenters. The van der Waals surface area contributed by atoms with E-state index < -0.39 is 0 Å². The van der Waals surface area contributed by atoms with Crippen molar-refractivity contribution in [2.75, 3.05) is 18.1 Å². The molecule has 2 nitrogen and oxygen atoms in total. The number of hydrogen-bond acceptors (Lipinski definition) is 3. The number of benzene rings is 1. The van der Waals surface area contributed by atoms with Crippen molar-refractivity contribution in [3.8, 4) is 0 Å². The molecule has 0 aliphatic carbocycles. The molecule has 2 aliphatic rings. The van der Waals surface area contributed by atoms with Crippen molar-refractivity contribution in [2.24, 2.45) is 0 Å². The first kappa shape index (κ1) is 14.7. The summed E-state index contributed by atoms with van der Waals surface area (Å²) >= 11 is 8.11. The highest BCUT2D eigenvalue weighted by molar-refractivity contribution is 7.99. The number of halogens is 1. The second-order valence-corrected chi connectivity index (χ2v) is 7.51. The van der Waals surface area contributed by atoms with Crippen molar-refractivity contribution >= 4 is 23.4 Å². The molecular formula is C16H22ClNOS. The van der Waals surface area contributed by atoms with Gasteiger partial charge in [0.2, 0.25) is 0 Å². The SMILES string of the molecule is C[C@@H](NC1CCOC2(CCSC2)C1)c1cccc(Cl)c1. The fourth-order valence-corrected chi connectivity index (χ4v) is 4.84. The van der Waals surface area contributed by atoms with Gasteiger partial charge in [-0.05, 0) is 49.6 Å². The van der Waals surface area contributed by atoms with Crippen LogP contribution in [0.25, 0.3) is 0 Å². The van der Waals surface area contributed by atoms with E-state index in [9.17, 15) is 0 Å². The highest BCUT2D eigenvalue weighted by Gasteiger charge is 2.40. The van der Waals surface area contributed by atoms with Crippen LogP contribution >= 0.6 is 23.4 Å². The number of nitrogens with one attached hydrogen (secondary N) is 1. The topological polar surface area (TPSA) is 21.3 Å². The van der Waals surface area contributed by atoms with Crippen LogP contribution in [0, 0.1) is 0 Å². The molecule has 2 aliphatic heterocycles. The highest BCUT2D eigenvalue weighted by Crippen LogP contribution is 2.38. The van der Waals surface area contributed by atoms with Crippen LogP contribution in [0.15, 0.2) is 24.3 Å². The second-order valence-electron chi connectivity index (χ2n) is 5.97. The molecule has 3 rings (SSSR count). The largest absolute Gasteiger partial charge is 0.374 e. The number of thioether (sulfide) groups is 1. The molecule has 1 aromatic rings. The summed E-state index contributed by atoms with van der Waals surface area (Å²) < 4.78 is 6.08. The van der Waals surface area contributed by atoms with Gasteiger partial charge in [-0.15, -0.1) is 0 Å². The predicted molar refractivity (Wildman–Crippen MR) is 86.6 cm³/mol. The standard InChI is InChI=1S/C16H22ClNOS/c1-12(13-3-2-4-14(17)9-13)18-15-5-7-19-16(10-15)6-8-20-11-16/h2-4,9,12,15,18H,5-8,10-11H2,1H3/t12-,15?,16?/m1/s1. The molecule has 1 spiro atoms. The molecule has 4 heteroatoms. The summed E-state index contributed by atoms with van der Waals surface area (Å²) in [5.74, 6) is 2.41. The molecule has 0 amide bonds. The van der Waals surface area contributed by atoms with Crippen LogP contribution in [-0.4, -0.2) is 29.8 Å². The Bertz CT molecular complexity index is 462. The zero-order valence-corrected chi connectivity index (χ0v) is 13.5. The van der Waals surface area contributed by atoms with E-state index >= 15 is 0 Å². The van der Waals surface area contributed by atoms with E-state index in [0.29, 0.717) is 12.1 Å². The van der Waals surface area contributed by atoms with Gasteiger partial charge in [-0.1, -0.05) is 23.7 Å². The molecule has 1 aromatic carbocycles. The third-order valence-corrected chi connectivity index (χ3v) is 5.85. The van der Waals surface area contributed by atoms with E-state index in [-0.39, 0.29) is 5.60 Å². The maximum Gasteiger partial charge on any atom is 0.0795 e. The van der Waals surface area contributed by atoms with Crippen LogP contribution in [0.4, 0.5) is 0 Å². The lowest BCUT2D eigenvalue weighted by molar-refractivity contribution is -0.0711. The van der Waals surface area contributed by atoms with E-state index in [1.165, 1.54) is 17.7 Å². The van der Waals surface area contributed by atoms with Gasteiger partial charge in [0.1, 0.15) is 0 Å². The third-order valence-electron chi connectivity index (χ3n) is 4.39. The Morgan fingerprint density at radius 2 is 2.40 bits per heavy atom. The predicted octanol–water partition coefficient (Wildman–Crippen LogP) is 4.05. The summed E-state index contributed by atoms with van der Waals surface area (Å²) in [6.45, 7) is 3.11. The number of rotatable bonds is 3. The van der Waals surface area contributed by atoms with Crippen molar-refractivity contribution < 1.29 is 4.74 Å². The lowest BCUT2D eigenvalue weighted by Crippen LogP contribution is -2.47. The van der Waals surface area contributed by atoms with Gasteiger partial charge in [-0.3, -0.25) is 0 Å². The maximum absolute atomic E-state index is 6.08. The Morgan fingerprint density at radius 3 is 3.15 bits per heavy atom. The third kappa shape index (κ3) is 3.33. The molecule has 0 bridgehead atoms. The fraction of sp³-hybridized carbons (Fsp3) is 0.625. The van der Waals surface area contributed by atoms with Gasteiger partial charge in [-0.25, -0.2) is 0 Å². The smallest absolute Gasteiger partial charge is 0.0795 e. The minimum absolute atomic E-state index is 0.147. The van der Waals surface area contributed by atoms with Crippen LogP contribution in [0.5, 0.6) is 0 Å². The number of hydrogen-bond donors (Lipinski definition) is 1. The normalized spacial score (nSPS) is 31.6. The quantitative estimate of drug-likeness (QED) is 0.910. The van der Waals surface area contributed by atoms with Crippen molar-refractivity contribution in [3.63, 3.8) is 0 Å². The Kier molecular flexibility index (Phi) is 4.61. The molecule has 0 saturated carbocycles. The van der Waals surface area contributed by atoms with Crippen LogP contribution in [0.3, 0.4) is 0 Å².